The van der Waals surface area contributed by atoms with Gasteiger partial charge in [0.2, 0.25) is 17.7 Å². The summed E-state index contributed by atoms with van der Waals surface area (Å²) in [7, 11) is 0. The Morgan fingerprint density at radius 3 is 2.54 bits per heavy atom. The lowest BCUT2D eigenvalue weighted by Crippen LogP contribution is -2.26. The average molecular weight is 381 g/mol. The van der Waals surface area contributed by atoms with Crippen molar-refractivity contribution in [2.45, 2.75) is 46.7 Å². The third-order valence-corrected chi connectivity index (χ3v) is 4.50. The van der Waals surface area contributed by atoms with Gasteiger partial charge in [0.25, 0.3) is 0 Å². The number of rotatable bonds is 7. The van der Waals surface area contributed by atoms with Crippen molar-refractivity contribution in [2.24, 2.45) is 0 Å². The van der Waals surface area contributed by atoms with Crippen LogP contribution in [0.5, 0.6) is 0 Å². The molecule has 0 radical (unpaired) electrons. The highest BCUT2D eigenvalue weighted by molar-refractivity contribution is 5.96. The maximum absolute atomic E-state index is 12.3. The molecule has 0 bridgehead atoms. The largest absolute Gasteiger partial charge is 0.419 e. The summed E-state index contributed by atoms with van der Waals surface area (Å²) in [5.74, 6) is 0.565. The second-order valence-electron chi connectivity index (χ2n) is 6.74. The fraction of sp³-hybridized carbons (Fsp3) is 0.350. The number of ketones is 1. The van der Waals surface area contributed by atoms with Gasteiger partial charge in [-0.25, -0.2) is 0 Å². The summed E-state index contributed by atoms with van der Waals surface area (Å²) in [6, 6.07) is 9.25. The third-order valence-electron chi connectivity index (χ3n) is 4.50. The maximum Gasteiger partial charge on any atom is 0.247 e. The zero-order valence-electron chi connectivity index (χ0n) is 16.4. The number of hydrogen-bond donors (Lipinski definition) is 1. The number of benzene rings is 1. The lowest BCUT2D eigenvalue weighted by molar-refractivity contribution is -0.122. The molecule has 0 fully saturated rings. The minimum Gasteiger partial charge on any atom is -0.419 e. The first-order valence-electron chi connectivity index (χ1n) is 9.08. The number of nitrogens with one attached hydrogen (secondary N) is 1. The van der Waals surface area contributed by atoms with Crippen LogP contribution in [0.15, 0.2) is 34.7 Å². The van der Waals surface area contributed by atoms with Gasteiger partial charge in [0.15, 0.2) is 5.78 Å². The third kappa shape index (κ3) is 4.16. The Kier molecular flexibility index (Phi) is 5.67. The quantitative estimate of drug-likeness (QED) is 0.631. The van der Waals surface area contributed by atoms with Crippen LogP contribution in [0.3, 0.4) is 0 Å². The Bertz CT molecular complexity index is 991. The van der Waals surface area contributed by atoms with Gasteiger partial charge in [-0.05, 0) is 39.8 Å². The zero-order valence-corrected chi connectivity index (χ0v) is 16.4. The van der Waals surface area contributed by atoms with E-state index in [9.17, 15) is 9.59 Å². The van der Waals surface area contributed by atoms with Gasteiger partial charge in [-0.2, -0.15) is 5.10 Å². The second kappa shape index (κ2) is 8.16. The molecule has 2 aromatic heterocycles. The van der Waals surface area contributed by atoms with E-state index in [2.05, 4.69) is 20.6 Å². The Balaban J connectivity index is 1.58. The van der Waals surface area contributed by atoms with Crippen molar-refractivity contribution in [1.82, 2.24) is 25.3 Å². The van der Waals surface area contributed by atoms with Gasteiger partial charge in [-0.3, -0.25) is 14.3 Å². The molecule has 3 aromatic rings. The van der Waals surface area contributed by atoms with Crippen LogP contribution in [-0.2, 0) is 11.3 Å². The summed E-state index contributed by atoms with van der Waals surface area (Å²) in [5.41, 5.74) is 2.89. The number of hydrogen-bond acceptors (Lipinski definition) is 6. The molecule has 0 saturated heterocycles. The number of aromatic nitrogens is 4. The maximum atomic E-state index is 12.3. The molecule has 8 nitrogen and oxygen atoms in total. The number of aryl methyl sites for hydroxylation is 1. The molecule has 146 valence electrons. The van der Waals surface area contributed by atoms with E-state index in [0.29, 0.717) is 23.0 Å². The Labute approximate surface area is 163 Å². The molecule has 0 saturated carbocycles. The molecule has 1 unspecified atom stereocenters. The number of amides is 1. The van der Waals surface area contributed by atoms with Gasteiger partial charge in [0.1, 0.15) is 0 Å². The highest BCUT2D eigenvalue weighted by Crippen LogP contribution is 2.20. The molecule has 8 heteroatoms. The Morgan fingerprint density at radius 1 is 1.18 bits per heavy atom. The first-order valence-corrected chi connectivity index (χ1v) is 9.08. The molecule has 1 amide bonds. The van der Waals surface area contributed by atoms with Crippen molar-refractivity contribution in [3.8, 4) is 11.5 Å². The normalized spacial score (nSPS) is 12.0. The fourth-order valence-electron chi connectivity index (χ4n) is 3.23. The predicted octanol–water partition coefficient (Wildman–Crippen LogP) is 3.02. The summed E-state index contributed by atoms with van der Waals surface area (Å²) in [5, 5.41) is 15.2. The van der Waals surface area contributed by atoms with Crippen LogP contribution in [0.4, 0.5) is 0 Å². The van der Waals surface area contributed by atoms with Crippen LogP contribution < -0.4 is 5.32 Å². The van der Waals surface area contributed by atoms with Gasteiger partial charge in [0, 0.05) is 17.7 Å². The van der Waals surface area contributed by atoms with E-state index < -0.39 is 0 Å². The highest BCUT2D eigenvalue weighted by atomic mass is 16.4. The monoisotopic (exact) mass is 381 g/mol. The number of carbonyl (C=O) groups is 2. The van der Waals surface area contributed by atoms with Crippen molar-refractivity contribution in [2.75, 3.05) is 0 Å². The van der Waals surface area contributed by atoms with Gasteiger partial charge < -0.3 is 9.73 Å². The predicted molar refractivity (Wildman–Crippen MR) is 103 cm³/mol. The van der Waals surface area contributed by atoms with Crippen LogP contribution >= 0.6 is 0 Å². The first-order chi connectivity index (χ1) is 13.4. The second-order valence-corrected chi connectivity index (χ2v) is 6.74. The Morgan fingerprint density at radius 2 is 1.89 bits per heavy atom. The van der Waals surface area contributed by atoms with E-state index in [4.69, 9.17) is 4.42 Å². The van der Waals surface area contributed by atoms with Crippen LogP contribution in [0, 0.1) is 13.8 Å². The van der Waals surface area contributed by atoms with Crippen molar-refractivity contribution < 1.29 is 14.0 Å². The van der Waals surface area contributed by atoms with Crippen molar-refractivity contribution >= 4 is 11.7 Å². The van der Waals surface area contributed by atoms with Gasteiger partial charge in [0.05, 0.1) is 23.8 Å². The van der Waals surface area contributed by atoms with Crippen molar-refractivity contribution in [3.05, 3.63) is 53.2 Å². The van der Waals surface area contributed by atoms with E-state index in [-0.39, 0.29) is 30.7 Å². The SMILES string of the molecule is CC(=O)c1c(C)nn(C(C)CC(=O)NCc2nnc(-c3ccccc3)o2)c1C. The number of carbonyl (C=O) groups excluding carboxylic acids is 2. The van der Waals surface area contributed by atoms with Crippen LogP contribution in [0.2, 0.25) is 0 Å². The van der Waals surface area contributed by atoms with Gasteiger partial charge in [-0.15, -0.1) is 10.2 Å². The minimum absolute atomic E-state index is 0.0245. The van der Waals surface area contributed by atoms with Gasteiger partial charge in [-0.1, -0.05) is 18.2 Å². The molecule has 0 spiro atoms. The molecular weight excluding hydrogens is 358 g/mol. The number of Topliss-reactive ketones (excluding diaryl/α,β-unsaturated/α-hetero) is 1. The molecule has 1 aromatic carbocycles. The lowest BCUT2D eigenvalue weighted by Gasteiger charge is -2.14. The molecule has 0 aliphatic heterocycles. The molecule has 2 heterocycles. The first kappa shape index (κ1) is 19.5. The number of nitrogens with zero attached hydrogens (tertiary/aromatic N) is 4. The topological polar surface area (TPSA) is 103 Å². The van der Waals surface area contributed by atoms with E-state index in [0.717, 1.165) is 11.3 Å². The molecule has 1 atom stereocenters. The van der Waals surface area contributed by atoms with Gasteiger partial charge >= 0.3 is 0 Å². The van der Waals surface area contributed by atoms with Crippen LogP contribution in [0.1, 0.15) is 53.9 Å². The molecule has 0 aliphatic rings. The smallest absolute Gasteiger partial charge is 0.247 e. The van der Waals surface area contributed by atoms with E-state index in [1.54, 1.807) is 11.6 Å². The molecule has 1 N–H and O–H groups in total. The minimum atomic E-state index is -0.186. The van der Waals surface area contributed by atoms with Crippen molar-refractivity contribution in [1.29, 1.82) is 0 Å². The highest BCUT2D eigenvalue weighted by Gasteiger charge is 2.20. The molecule has 28 heavy (non-hydrogen) atoms. The van der Waals surface area contributed by atoms with Crippen molar-refractivity contribution in [3.63, 3.8) is 0 Å². The molecule has 3 rings (SSSR count). The summed E-state index contributed by atoms with van der Waals surface area (Å²) in [6.45, 7) is 7.21. The van der Waals surface area contributed by atoms with E-state index in [1.165, 1.54) is 6.92 Å². The summed E-state index contributed by atoms with van der Waals surface area (Å²) >= 11 is 0. The summed E-state index contributed by atoms with van der Waals surface area (Å²) < 4.78 is 7.31. The fourth-order valence-corrected chi connectivity index (χ4v) is 3.23. The van der Waals surface area contributed by atoms with Crippen LogP contribution in [-0.4, -0.2) is 31.7 Å². The van der Waals surface area contributed by atoms with E-state index >= 15 is 0 Å². The lowest BCUT2D eigenvalue weighted by atomic mass is 10.1. The standard InChI is InChI=1S/C20H23N5O3/c1-12(25-14(3)19(15(4)26)13(2)24-25)10-17(27)21-11-18-22-23-20(28-18)16-8-6-5-7-9-16/h5-9,12H,10-11H2,1-4H3,(H,21,27). The Hall–Kier alpha value is -3.29. The molecular formula is C20H23N5O3. The van der Waals surface area contributed by atoms with Crippen LogP contribution in [0.25, 0.3) is 11.5 Å². The zero-order chi connectivity index (χ0) is 20.3. The summed E-state index contributed by atoms with van der Waals surface area (Å²) in [4.78, 5) is 24.1. The molecule has 0 aliphatic carbocycles. The average Bonchev–Trinajstić information content (AvgIpc) is 3.25. The summed E-state index contributed by atoms with van der Waals surface area (Å²) in [6.07, 6.45) is 0.221. The van der Waals surface area contributed by atoms with E-state index in [1.807, 2.05) is 44.2 Å².